The summed E-state index contributed by atoms with van der Waals surface area (Å²) in [4.78, 5) is 16.6. The van der Waals surface area contributed by atoms with Crippen LogP contribution in [0.3, 0.4) is 0 Å². The minimum Gasteiger partial charge on any atom is -0.308 e. The van der Waals surface area contributed by atoms with Crippen LogP contribution in [0.2, 0.25) is 0 Å². The van der Waals surface area contributed by atoms with E-state index in [4.69, 9.17) is 0 Å². The molecule has 4 rings (SSSR count). The number of urea groups is 1. The van der Waals surface area contributed by atoms with E-state index in [1.54, 1.807) is 17.5 Å². The van der Waals surface area contributed by atoms with Gasteiger partial charge in [-0.05, 0) is 82.4 Å². The van der Waals surface area contributed by atoms with Crippen LogP contribution < -0.4 is 10.6 Å². The average molecular weight is 385 g/mol. The number of nitrogens with zero attached hydrogens (tertiary/aromatic N) is 1. The van der Waals surface area contributed by atoms with Gasteiger partial charge in [0.15, 0.2) is 0 Å². The Morgan fingerprint density at radius 1 is 0.821 bits per heavy atom. The fraction of sp³-hybridized carbons (Fsp3) is 0.0435. The number of hydrogen-bond donors (Lipinski definition) is 2. The van der Waals surface area contributed by atoms with Crippen LogP contribution >= 0.6 is 11.3 Å². The molecule has 4 aromatic rings. The number of thiophene rings is 1. The number of anilines is 2. The van der Waals surface area contributed by atoms with Gasteiger partial charge in [-0.15, -0.1) is 0 Å². The largest absolute Gasteiger partial charge is 0.323 e. The van der Waals surface area contributed by atoms with Gasteiger partial charge in [0, 0.05) is 23.3 Å². The molecule has 0 spiro atoms. The molecule has 0 fully saturated rings. The molecular weight excluding hydrogens is 366 g/mol. The van der Waals surface area contributed by atoms with Gasteiger partial charge in [0.05, 0.1) is 0 Å². The molecule has 0 aliphatic rings. The summed E-state index contributed by atoms with van der Waals surface area (Å²) >= 11 is 1.65. The standard InChI is InChI=1S/C23H19N3OS/c1-16-13-19(9-11-24-16)17-5-7-21(8-6-17)25-23(27)26-22-4-2-3-18(14-22)20-10-12-28-15-20/h2-15H,1H3,(H2,25,26,27). The van der Waals surface area contributed by atoms with Gasteiger partial charge in [-0.25, -0.2) is 4.79 Å². The molecule has 0 aliphatic carbocycles. The molecule has 2 amide bonds. The van der Waals surface area contributed by atoms with E-state index in [0.717, 1.165) is 39.3 Å². The van der Waals surface area contributed by atoms with E-state index in [1.165, 1.54) is 0 Å². The average Bonchev–Trinajstić information content (AvgIpc) is 3.24. The molecule has 2 heterocycles. The SMILES string of the molecule is Cc1cc(-c2ccc(NC(=O)Nc3cccc(-c4ccsc4)c3)cc2)ccn1. The molecule has 0 atom stereocenters. The van der Waals surface area contributed by atoms with Gasteiger partial charge in [0.25, 0.3) is 0 Å². The Morgan fingerprint density at radius 2 is 1.61 bits per heavy atom. The van der Waals surface area contributed by atoms with E-state index in [-0.39, 0.29) is 6.03 Å². The van der Waals surface area contributed by atoms with Crippen LogP contribution in [-0.2, 0) is 0 Å². The summed E-state index contributed by atoms with van der Waals surface area (Å²) in [7, 11) is 0. The lowest BCUT2D eigenvalue weighted by Crippen LogP contribution is -2.19. The van der Waals surface area contributed by atoms with Crippen LogP contribution in [0.5, 0.6) is 0 Å². The minimum atomic E-state index is -0.269. The summed E-state index contributed by atoms with van der Waals surface area (Å²) in [5, 5.41) is 9.90. The predicted octanol–water partition coefficient (Wildman–Crippen LogP) is 6.43. The third-order valence-electron chi connectivity index (χ3n) is 4.35. The highest BCUT2D eigenvalue weighted by atomic mass is 32.1. The maximum atomic E-state index is 12.4. The van der Waals surface area contributed by atoms with E-state index in [1.807, 2.05) is 73.0 Å². The number of rotatable bonds is 4. The van der Waals surface area contributed by atoms with Gasteiger partial charge in [0.2, 0.25) is 0 Å². The number of hydrogen-bond acceptors (Lipinski definition) is 3. The van der Waals surface area contributed by atoms with Crippen molar-refractivity contribution in [1.82, 2.24) is 4.98 Å². The lowest BCUT2D eigenvalue weighted by atomic mass is 10.1. The fourth-order valence-corrected chi connectivity index (χ4v) is 3.63. The molecule has 2 aromatic heterocycles. The van der Waals surface area contributed by atoms with Gasteiger partial charge in [-0.2, -0.15) is 11.3 Å². The number of benzene rings is 2. The summed E-state index contributed by atoms with van der Waals surface area (Å²) in [6.45, 7) is 1.97. The van der Waals surface area contributed by atoms with Crippen molar-refractivity contribution < 1.29 is 4.79 Å². The fourth-order valence-electron chi connectivity index (χ4n) is 2.97. The molecule has 2 aromatic carbocycles. The number of carbonyl (C=O) groups excluding carboxylic acids is 1. The first-order chi connectivity index (χ1) is 13.7. The molecule has 2 N–H and O–H groups in total. The summed E-state index contributed by atoms with van der Waals surface area (Å²) in [5.74, 6) is 0. The Bertz CT molecular complexity index is 1090. The van der Waals surface area contributed by atoms with Crippen LogP contribution in [-0.4, -0.2) is 11.0 Å². The molecule has 28 heavy (non-hydrogen) atoms. The molecule has 5 heteroatoms. The Morgan fingerprint density at radius 3 is 2.36 bits per heavy atom. The zero-order valence-electron chi connectivity index (χ0n) is 15.3. The first kappa shape index (κ1) is 17.9. The summed E-state index contributed by atoms with van der Waals surface area (Å²) in [5.41, 5.74) is 6.88. The van der Waals surface area contributed by atoms with Crippen molar-refractivity contribution in [1.29, 1.82) is 0 Å². The van der Waals surface area contributed by atoms with Crippen molar-refractivity contribution in [3.05, 3.63) is 89.4 Å². The van der Waals surface area contributed by atoms with Gasteiger partial charge < -0.3 is 10.6 Å². The third kappa shape index (κ3) is 4.27. The van der Waals surface area contributed by atoms with Crippen LogP contribution in [0.15, 0.2) is 83.7 Å². The van der Waals surface area contributed by atoms with E-state index >= 15 is 0 Å². The molecule has 138 valence electrons. The van der Waals surface area contributed by atoms with Gasteiger partial charge in [0.1, 0.15) is 0 Å². The smallest absolute Gasteiger partial charge is 0.308 e. The molecule has 0 unspecified atom stereocenters. The third-order valence-corrected chi connectivity index (χ3v) is 5.03. The van der Waals surface area contributed by atoms with Crippen LogP contribution in [0.1, 0.15) is 5.69 Å². The Hall–Kier alpha value is -3.44. The number of aryl methyl sites for hydroxylation is 1. The monoisotopic (exact) mass is 385 g/mol. The van der Waals surface area contributed by atoms with Crippen LogP contribution in [0.4, 0.5) is 16.2 Å². The first-order valence-electron chi connectivity index (χ1n) is 8.91. The minimum absolute atomic E-state index is 0.269. The number of nitrogens with one attached hydrogen (secondary N) is 2. The van der Waals surface area contributed by atoms with Gasteiger partial charge in [-0.1, -0.05) is 24.3 Å². The molecule has 0 saturated heterocycles. The molecule has 0 saturated carbocycles. The van der Waals surface area contributed by atoms with Crippen LogP contribution in [0, 0.1) is 6.92 Å². The molecular formula is C23H19N3OS. The Kier molecular flexibility index (Phi) is 5.17. The normalized spacial score (nSPS) is 10.5. The first-order valence-corrected chi connectivity index (χ1v) is 9.85. The molecule has 0 aliphatic heterocycles. The Labute approximate surface area is 167 Å². The summed E-state index contributed by atoms with van der Waals surface area (Å²) in [6, 6.07) is 21.4. The van der Waals surface area contributed by atoms with Crippen LogP contribution in [0.25, 0.3) is 22.3 Å². The highest BCUT2D eigenvalue weighted by Gasteiger charge is 2.05. The van der Waals surface area contributed by atoms with Crippen molar-refractivity contribution in [2.24, 2.45) is 0 Å². The lowest BCUT2D eigenvalue weighted by Gasteiger charge is -2.10. The number of amides is 2. The maximum absolute atomic E-state index is 12.4. The predicted molar refractivity (Wildman–Crippen MR) is 117 cm³/mol. The zero-order valence-corrected chi connectivity index (χ0v) is 16.2. The number of aromatic nitrogens is 1. The van der Waals surface area contributed by atoms with E-state index in [9.17, 15) is 4.79 Å². The van der Waals surface area contributed by atoms with Gasteiger partial charge >= 0.3 is 6.03 Å². The topological polar surface area (TPSA) is 54.0 Å². The van der Waals surface area contributed by atoms with Crippen molar-refractivity contribution in [3.8, 4) is 22.3 Å². The van der Waals surface area contributed by atoms with Crippen molar-refractivity contribution >= 4 is 28.7 Å². The zero-order chi connectivity index (χ0) is 19.3. The highest BCUT2D eigenvalue weighted by Crippen LogP contribution is 2.25. The quantitative estimate of drug-likeness (QED) is 0.425. The van der Waals surface area contributed by atoms with Crippen molar-refractivity contribution in [2.45, 2.75) is 6.92 Å². The van der Waals surface area contributed by atoms with E-state index in [2.05, 4.69) is 27.1 Å². The van der Waals surface area contributed by atoms with Crippen molar-refractivity contribution in [3.63, 3.8) is 0 Å². The second kappa shape index (κ2) is 8.06. The molecule has 4 nitrogen and oxygen atoms in total. The number of pyridine rings is 1. The van der Waals surface area contributed by atoms with Crippen molar-refractivity contribution in [2.75, 3.05) is 10.6 Å². The lowest BCUT2D eigenvalue weighted by molar-refractivity contribution is 0.262. The molecule has 0 bridgehead atoms. The molecule has 0 radical (unpaired) electrons. The Balaban J connectivity index is 1.42. The van der Waals surface area contributed by atoms with E-state index in [0.29, 0.717) is 0 Å². The maximum Gasteiger partial charge on any atom is 0.323 e. The van der Waals surface area contributed by atoms with Gasteiger partial charge in [-0.3, -0.25) is 4.98 Å². The second-order valence-corrected chi connectivity index (χ2v) is 7.22. The highest BCUT2D eigenvalue weighted by molar-refractivity contribution is 7.08. The number of carbonyl (C=O) groups is 1. The second-order valence-electron chi connectivity index (χ2n) is 6.44. The summed E-state index contributed by atoms with van der Waals surface area (Å²) in [6.07, 6.45) is 1.80. The summed E-state index contributed by atoms with van der Waals surface area (Å²) < 4.78 is 0. The van der Waals surface area contributed by atoms with E-state index < -0.39 is 0 Å².